The summed E-state index contributed by atoms with van der Waals surface area (Å²) >= 11 is 0. The van der Waals surface area contributed by atoms with Crippen molar-refractivity contribution in [1.29, 1.82) is 0 Å². The van der Waals surface area contributed by atoms with Gasteiger partial charge in [-0.05, 0) is 46.9 Å². The van der Waals surface area contributed by atoms with E-state index in [-0.39, 0.29) is 11.8 Å². The van der Waals surface area contributed by atoms with Crippen molar-refractivity contribution in [3.05, 3.63) is 144 Å². The van der Waals surface area contributed by atoms with Gasteiger partial charge in [-0.25, -0.2) is 0 Å². The van der Waals surface area contributed by atoms with Gasteiger partial charge in [-0.2, -0.15) is 0 Å². The highest BCUT2D eigenvalue weighted by atomic mass is 16.3. The van der Waals surface area contributed by atoms with E-state index in [4.69, 9.17) is 5.73 Å². The van der Waals surface area contributed by atoms with Crippen LogP contribution >= 0.6 is 0 Å². The monoisotopic (exact) mass is 646 g/mol. The third-order valence-electron chi connectivity index (χ3n) is 10.4. The van der Waals surface area contributed by atoms with Crippen molar-refractivity contribution in [3.8, 4) is 0 Å². The van der Waals surface area contributed by atoms with Crippen molar-refractivity contribution in [2.24, 2.45) is 23.0 Å². The zero-order chi connectivity index (χ0) is 34.5. The molecule has 6 heteroatoms. The SMILES string of the molecule is CC(C)[C@@H](N(C(=O)C1(C(N)=O)CCCCC1)[C@H](C(C)C)C(O)(c1ccccc1)c1ccccc1)C(O)(c1ccccc1)c1ccccc1. The quantitative estimate of drug-likeness (QED) is 0.142. The fourth-order valence-electron chi connectivity index (χ4n) is 8.19. The number of rotatable bonds is 12. The number of carbonyl (C=O) groups excluding carboxylic acids is 2. The van der Waals surface area contributed by atoms with E-state index >= 15 is 4.79 Å². The van der Waals surface area contributed by atoms with Crippen LogP contribution in [0.25, 0.3) is 0 Å². The highest BCUT2D eigenvalue weighted by Crippen LogP contribution is 2.49. The van der Waals surface area contributed by atoms with Gasteiger partial charge in [0.15, 0.2) is 0 Å². The van der Waals surface area contributed by atoms with Gasteiger partial charge in [-0.1, -0.05) is 168 Å². The molecular formula is C42H50N2O4. The summed E-state index contributed by atoms with van der Waals surface area (Å²) in [5, 5.41) is 26.9. The number of benzene rings is 4. The van der Waals surface area contributed by atoms with Gasteiger partial charge in [0.2, 0.25) is 11.8 Å². The summed E-state index contributed by atoms with van der Waals surface area (Å²) in [6.07, 6.45) is 2.91. The molecule has 2 amide bonds. The van der Waals surface area contributed by atoms with Crippen molar-refractivity contribution < 1.29 is 19.8 Å². The van der Waals surface area contributed by atoms with Gasteiger partial charge in [0.25, 0.3) is 0 Å². The first-order valence-electron chi connectivity index (χ1n) is 17.3. The number of nitrogens with two attached hydrogens (primary N) is 1. The van der Waals surface area contributed by atoms with Gasteiger partial charge in [-0.3, -0.25) is 9.59 Å². The summed E-state index contributed by atoms with van der Waals surface area (Å²) in [6, 6.07) is 35.7. The lowest BCUT2D eigenvalue weighted by atomic mass is 9.67. The van der Waals surface area contributed by atoms with Crippen LogP contribution in [0.4, 0.5) is 0 Å². The van der Waals surface area contributed by atoms with E-state index in [0.29, 0.717) is 47.9 Å². The number of primary amides is 1. The van der Waals surface area contributed by atoms with Gasteiger partial charge < -0.3 is 20.8 Å². The number of aliphatic hydroxyl groups is 2. The minimum Gasteiger partial charge on any atom is -0.378 e. The minimum atomic E-state index is -1.73. The zero-order valence-corrected chi connectivity index (χ0v) is 28.6. The molecular weight excluding hydrogens is 596 g/mol. The smallest absolute Gasteiger partial charge is 0.239 e. The Bertz CT molecular complexity index is 1450. The Morgan fingerprint density at radius 1 is 0.583 bits per heavy atom. The van der Waals surface area contributed by atoms with Crippen LogP contribution in [0.1, 0.15) is 82.1 Å². The standard InChI is InChI=1S/C42H50N2O4/c1-30(2)36(41(47,32-20-10-5-11-21-32)33-22-12-6-13-23-33)44(39(46)40(38(43)45)28-18-9-19-29-40)37(31(3)4)42(48,34-24-14-7-15-25-34)35-26-16-8-17-27-35/h5-8,10-17,20-27,30-31,36-37,47-48H,9,18-19,28-29H2,1-4H3,(H2,43,45)/t36-,37-/m1/s1. The summed E-state index contributed by atoms with van der Waals surface area (Å²) in [7, 11) is 0. The van der Waals surface area contributed by atoms with Crippen molar-refractivity contribution >= 4 is 11.8 Å². The molecule has 252 valence electrons. The molecule has 4 N–H and O–H groups in total. The molecule has 0 bridgehead atoms. The molecule has 0 heterocycles. The number of hydrogen-bond donors (Lipinski definition) is 3. The highest BCUT2D eigenvalue weighted by molar-refractivity contribution is 6.05. The molecule has 5 rings (SSSR count). The first-order valence-corrected chi connectivity index (χ1v) is 17.3. The molecule has 0 aromatic heterocycles. The van der Waals surface area contributed by atoms with Gasteiger partial charge in [0.1, 0.15) is 16.6 Å². The average molecular weight is 647 g/mol. The maximum atomic E-state index is 15.8. The van der Waals surface area contributed by atoms with Crippen LogP contribution in [-0.2, 0) is 20.8 Å². The van der Waals surface area contributed by atoms with Crippen LogP contribution in [0.5, 0.6) is 0 Å². The largest absolute Gasteiger partial charge is 0.378 e. The fraction of sp³-hybridized carbons (Fsp3) is 0.381. The van der Waals surface area contributed by atoms with E-state index in [1.807, 2.05) is 149 Å². The molecule has 48 heavy (non-hydrogen) atoms. The molecule has 6 nitrogen and oxygen atoms in total. The highest BCUT2D eigenvalue weighted by Gasteiger charge is 2.59. The van der Waals surface area contributed by atoms with Gasteiger partial charge in [-0.15, -0.1) is 0 Å². The molecule has 0 saturated heterocycles. The number of carbonyl (C=O) groups is 2. The summed E-state index contributed by atoms with van der Waals surface area (Å²) in [5.41, 5.74) is 3.72. The lowest BCUT2D eigenvalue weighted by Crippen LogP contribution is -2.69. The third kappa shape index (κ3) is 6.20. The van der Waals surface area contributed by atoms with E-state index in [1.54, 1.807) is 4.90 Å². The van der Waals surface area contributed by atoms with Crippen LogP contribution in [0.15, 0.2) is 121 Å². The topological polar surface area (TPSA) is 104 Å². The Hall–Kier alpha value is -4.26. The molecule has 2 atom stereocenters. The molecule has 4 aromatic rings. The molecule has 0 aliphatic heterocycles. The molecule has 0 unspecified atom stereocenters. The Morgan fingerprint density at radius 2 is 0.875 bits per heavy atom. The first kappa shape index (κ1) is 35.1. The Balaban J connectivity index is 1.90. The van der Waals surface area contributed by atoms with E-state index in [1.165, 1.54) is 0 Å². The van der Waals surface area contributed by atoms with E-state index in [0.717, 1.165) is 6.42 Å². The number of hydrogen-bond acceptors (Lipinski definition) is 4. The Morgan fingerprint density at radius 3 is 1.12 bits per heavy atom. The van der Waals surface area contributed by atoms with Crippen molar-refractivity contribution in [1.82, 2.24) is 4.90 Å². The molecule has 4 aromatic carbocycles. The predicted molar refractivity (Wildman–Crippen MR) is 191 cm³/mol. The average Bonchev–Trinajstić information content (AvgIpc) is 3.12. The first-order chi connectivity index (χ1) is 23.0. The second kappa shape index (κ2) is 14.5. The molecule has 1 aliphatic rings. The third-order valence-corrected chi connectivity index (χ3v) is 10.4. The summed E-state index contributed by atoms with van der Waals surface area (Å²) in [4.78, 5) is 31.1. The summed E-state index contributed by atoms with van der Waals surface area (Å²) < 4.78 is 0. The van der Waals surface area contributed by atoms with E-state index in [2.05, 4.69) is 0 Å². The number of nitrogens with zero attached hydrogens (tertiary/aromatic N) is 1. The normalized spacial score (nSPS) is 16.3. The predicted octanol–water partition coefficient (Wildman–Crippen LogP) is 7.17. The van der Waals surface area contributed by atoms with E-state index < -0.39 is 40.5 Å². The molecule has 0 spiro atoms. The maximum absolute atomic E-state index is 15.8. The lowest BCUT2D eigenvalue weighted by molar-refractivity contribution is -0.175. The Kier molecular flexibility index (Phi) is 10.6. The molecule has 0 radical (unpaired) electrons. The maximum Gasteiger partial charge on any atom is 0.239 e. The van der Waals surface area contributed by atoms with Crippen LogP contribution in [0.3, 0.4) is 0 Å². The van der Waals surface area contributed by atoms with Crippen LogP contribution in [-0.4, -0.2) is 39.0 Å². The van der Waals surface area contributed by atoms with Crippen LogP contribution < -0.4 is 5.73 Å². The second-order valence-electron chi connectivity index (χ2n) is 14.1. The van der Waals surface area contributed by atoms with Gasteiger partial charge in [0, 0.05) is 0 Å². The van der Waals surface area contributed by atoms with Crippen molar-refractivity contribution in [2.45, 2.75) is 83.1 Å². The summed E-state index contributed by atoms with van der Waals surface area (Å²) in [6.45, 7) is 7.95. The lowest BCUT2D eigenvalue weighted by Gasteiger charge is -2.55. The second-order valence-corrected chi connectivity index (χ2v) is 14.1. The molecule has 1 fully saturated rings. The van der Waals surface area contributed by atoms with Crippen LogP contribution in [0, 0.1) is 17.3 Å². The van der Waals surface area contributed by atoms with Gasteiger partial charge in [0.05, 0.1) is 12.1 Å². The molecule has 1 saturated carbocycles. The molecule has 1 aliphatic carbocycles. The van der Waals surface area contributed by atoms with Crippen molar-refractivity contribution in [2.75, 3.05) is 0 Å². The van der Waals surface area contributed by atoms with Crippen LogP contribution in [0.2, 0.25) is 0 Å². The van der Waals surface area contributed by atoms with Crippen molar-refractivity contribution in [3.63, 3.8) is 0 Å². The minimum absolute atomic E-state index is 0.317. The van der Waals surface area contributed by atoms with E-state index in [9.17, 15) is 15.0 Å². The van der Waals surface area contributed by atoms with Gasteiger partial charge >= 0.3 is 0 Å². The fourth-order valence-corrected chi connectivity index (χ4v) is 8.19. The number of amides is 2. The zero-order valence-electron chi connectivity index (χ0n) is 28.6. The Labute approximate surface area is 285 Å². The summed E-state index contributed by atoms with van der Waals surface area (Å²) in [5.74, 6) is -1.79.